The fraction of sp³-hybridized carbons (Fsp3) is 0.208. The van der Waals surface area contributed by atoms with E-state index in [1.54, 1.807) is 37.5 Å². The minimum Gasteiger partial charge on any atom is -0.507 e. The van der Waals surface area contributed by atoms with Gasteiger partial charge in [0.1, 0.15) is 23.7 Å². The first-order valence-corrected chi connectivity index (χ1v) is 11.2. The molecule has 0 unspecified atom stereocenters. The number of rotatable bonds is 4. The molecule has 0 bridgehead atoms. The summed E-state index contributed by atoms with van der Waals surface area (Å²) in [7, 11) is 1.54. The van der Waals surface area contributed by atoms with Crippen molar-refractivity contribution in [1.29, 1.82) is 0 Å². The zero-order chi connectivity index (χ0) is 23.8. The van der Waals surface area contributed by atoms with Crippen LogP contribution in [-0.2, 0) is 7.05 Å². The molecule has 3 heterocycles. The maximum Gasteiger partial charge on any atom is 0.350 e. The summed E-state index contributed by atoms with van der Waals surface area (Å²) in [5, 5.41) is 18.6. The molecular weight excluding hydrogens is 459 g/mol. The molecular formula is C24H22ClFN6O2. The van der Waals surface area contributed by atoms with Gasteiger partial charge in [0.05, 0.1) is 10.7 Å². The predicted octanol–water partition coefficient (Wildman–Crippen LogP) is 3.21. The molecule has 1 aliphatic heterocycles. The molecule has 2 N–H and O–H groups in total. The second kappa shape index (κ2) is 8.92. The summed E-state index contributed by atoms with van der Waals surface area (Å²) in [5.74, 6) is 0.215. The zero-order valence-corrected chi connectivity index (χ0v) is 19.1. The van der Waals surface area contributed by atoms with Crippen molar-refractivity contribution in [2.75, 3.05) is 31.1 Å². The molecule has 10 heteroatoms. The Balaban J connectivity index is 1.55. The molecule has 1 aliphatic rings. The van der Waals surface area contributed by atoms with E-state index in [9.17, 15) is 14.3 Å². The van der Waals surface area contributed by atoms with E-state index in [1.165, 1.54) is 27.7 Å². The average Bonchev–Trinajstić information content (AvgIpc) is 3.18. The van der Waals surface area contributed by atoms with E-state index in [0.29, 0.717) is 27.9 Å². The van der Waals surface area contributed by atoms with Crippen molar-refractivity contribution >= 4 is 17.4 Å². The van der Waals surface area contributed by atoms with Gasteiger partial charge in [-0.1, -0.05) is 17.7 Å². The van der Waals surface area contributed by atoms with Crippen molar-refractivity contribution in [2.45, 2.75) is 0 Å². The van der Waals surface area contributed by atoms with Crippen molar-refractivity contribution in [3.05, 3.63) is 76.3 Å². The zero-order valence-electron chi connectivity index (χ0n) is 18.4. The summed E-state index contributed by atoms with van der Waals surface area (Å²) >= 11 is 6.46. The van der Waals surface area contributed by atoms with Gasteiger partial charge in [-0.15, -0.1) is 0 Å². The lowest BCUT2D eigenvalue weighted by atomic mass is 9.97. The Morgan fingerprint density at radius 2 is 1.76 bits per heavy atom. The Kier molecular flexibility index (Phi) is 5.80. The Bertz CT molecular complexity index is 1430. The van der Waals surface area contributed by atoms with Gasteiger partial charge >= 0.3 is 5.69 Å². The van der Waals surface area contributed by atoms with Gasteiger partial charge in [-0.25, -0.2) is 23.4 Å². The maximum absolute atomic E-state index is 14.7. The number of nitrogens with one attached hydrogen (secondary N) is 1. The van der Waals surface area contributed by atoms with Gasteiger partial charge in [0, 0.05) is 50.6 Å². The Labute approximate surface area is 199 Å². The molecule has 8 nitrogen and oxygen atoms in total. The van der Waals surface area contributed by atoms with E-state index in [2.05, 4.69) is 20.3 Å². The number of anilines is 1. The van der Waals surface area contributed by atoms with Gasteiger partial charge < -0.3 is 15.3 Å². The molecule has 0 spiro atoms. The molecule has 0 radical (unpaired) electrons. The molecule has 1 fully saturated rings. The molecule has 0 amide bonds. The number of aromatic hydroxyl groups is 1. The van der Waals surface area contributed by atoms with Crippen molar-refractivity contribution < 1.29 is 9.50 Å². The number of benzene rings is 2. The van der Waals surface area contributed by atoms with Crippen molar-refractivity contribution in [1.82, 2.24) is 24.6 Å². The van der Waals surface area contributed by atoms with Crippen LogP contribution >= 0.6 is 11.6 Å². The molecule has 174 valence electrons. The number of phenols is 1. The summed E-state index contributed by atoms with van der Waals surface area (Å²) in [6.45, 7) is 3.37. The third kappa shape index (κ3) is 4.04. The van der Waals surface area contributed by atoms with E-state index < -0.39 is 5.82 Å². The highest BCUT2D eigenvalue weighted by Gasteiger charge is 2.18. The molecule has 0 aliphatic carbocycles. The molecule has 2 aromatic carbocycles. The Morgan fingerprint density at radius 1 is 1.06 bits per heavy atom. The SMILES string of the molecule is Cn1ncn(-c2ccc(-c3cc(F)cc(-c4ccnc(N5CCNCC5)c4)c3O)cc2Cl)c1=O. The molecule has 2 aromatic heterocycles. The lowest BCUT2D eigenvalue weighted by Gasteiger charge is -2.28. The highest BCUT2D eigenvalue weighted by Crippen LogP contribution is 2.40. The lowest BCUT2D eigenvalue weighted by Crippen LogP contribution is -2.43. The average molecular weight is 481 g/mol. The number of aromatic nitrogens is 4. The van der Waals surface area contributed by atoms with Crippen LogP contribution in [0.15, 0.2) is 59.8 Å². The lowest BCUT2D eigenvalue weighted by molar-refractivity contribution is 0.477. The Morgan fingerprint density at radius 3 is 2.41 bits per heavy atom. The fourth-order valence-corrected chi connectivity index (χ4v) is 4.38. The summed E-state index contributed by atoms with van der Waals surface area (Å²) in [6.07, 6.45) is 3.04. The van der Waals surface area contributed by atoms with Crippen LogP contribution in [0.5, 0.6) is 5.75 Å². The monoisotopic (exact) mass is 480 g/mol. The third-order valence-electron chi connectivity index (χ3n) is 5.91. The number of pyridine rings is 1. The fourth-order valence-electron chi connectivity index (χ4n) is 4.11. The summed E-state index contributed by atoms with van der Waals surface area (Å²) in [5.41, 5.74) is 1.92. The van der Waals surface area contributed by atoms with E-state index in [0.717, 1.165) is 32.0 Å². The number of phenolic OH excluding ortho intramolecular Hbond substituents is 1. The number of piperazine rings is 1. The van der Waals surface area contributed by atoms with E-state index in [1.807, 2.05) is 6.07 Å². The number of nitrogens with zero attached hydrogens (tertiary/aromatic N) is 5. The van der Waals surface area contributed by atoms with Crippen LogP contribution in [-0.4, -0.2) is 50.6 Å². The topological polar surface area (TPSA) is 88.2 Å². The highest BCUT2D eigenvalue weighted by atomic mass is 35.5. The van der Waals surface area contributed by atoms with Crippen LogP contribution in [0.2, 0.25) is 5.02 Å². The number of aryl methyl sites for hydroxylation is 1. The third-order valence-corrected chi connectivity index (χ3v) is 6.22. The minimum absolute atomic E-state index is 0.0683. The summed E-state index contributed by atoms with van der Waals surface area (Å²) in [6, 6.07) is 11.1. The molecule has 1 saturated heterocycles. The van der Waals surface area contributed by atoms with Crippen LogP contribution < -0.4 is 15.9 Å². The second-order valence-corrected chi connectivity index (χ2v) is 8.47. The standard InChI is InChI=1S/C24H22ClFN6O2/c1-30-24(34)32(14-29-30)21-3-2-15(10-20(21)25)18-12-17(26)13-19(23(18)33)16-4-5-28-22(11-16)31-8-6-27-7-9-31/h2-5,10-14,27,33H,6-9H2,1H3. The highest BCUT2D eigenvalue weighted by molar-refractivity contribution is 6.32. The molecule has 4 aromatic rings. The van der Waals surface area contributed by atoms with Crippen LogP contribution in [0.25, 0.3) is 27.9 Å². The molecule has 5 rings (SSSR count). The van der Waals surface area contributed by atoms with E-state index in [4.69, 9.17) is 11.6 Å². The quantitative estimate of drug-likeness (QED) is 0.466. The van der Waals surface area contributed by atoms with Gasteiger partial charge in [-0.2, -0.15) is 5.10 Å². The largest absolute Gasteiger partial charge is 0.507 e. The van der Waals surface area contributed by atoms with Gasteiger partial charge in [0.2, 0.25) is 0 Å². The first kappa shape index (κ1) is 22.1. The normalized spacial score (nSPS) is 13.9. The first-order valence-electron chi connectivity index (χ1n) is 10.8. The van der Waals surface area contributed by atoms with Crippen molar-refractivity contribution in [2.24, 2.45) is 7.05 Å². The summed E-state index contributed by atoms with van der Waals surface area (Å²) in [4.78, 5) is 18.8. The van der Waals surface area contributed by atoms with Gasteiger partial charge in [-0.05, 0) is 47.5 Å². The molecule has 0 atom stereocenters. The van der Waals surface area contributed by atoms with Crippen LogP contribution in [0.3, 0.4) is 0 Å². The predicted molar refractivity (Wildman–Crippen MR) is 129 cm³/mol. The second-order valence-electron chi connectivity index (χ2n) is 8.06. The summed E-state index contributed by atoms with van der Waals surface area (Å²) < 4.78 is 17.2. The number of halogens is 2. The first-order chi connectivity index (χ1) is 16.4. The van der Waals surface area contributed by atoms with Gasteiger partial charge in [0.15, 0.2) is 0 Å². The molecule has 34 heavy (non-hydrogen) atoms. The minimum atomic E-state index is -0.494. The van der Waals surface area contributed by atoms with Crippen LogP contribution in [0, 0.1) is 5.82 Å². The van der Waals surface area contributed by atoms with Crippen LogP contribution in [0.4, 0.5) is 10.2 Å². The Hall–Kier alpha value is -3.69. The van der Waals surface area contributed by atoms with Gasteiger partial charge in [-0.3, -0.25) is 0 Å². The van der Waals surface area contributed by atoms with Crippen molar-refractivity contribution in [3.8, 4) is 33.7 Å². The van der Waals surface area contributed by atoms with E-state index in [-0.39, 0.29) is 16.5 Å². The smallest absolute Gasteiger partial charge is 0.350 e. The van der Waals surface area contributed by atoms with Crippen molar-refractivity contribution in [3.63, 3.8) is 0 Å². The number of hydrogen-bond acceptors (Lipinski definition) is 6. The number of hydrogen-bond donors (Lipinski definition) is 2. The van der Waals surface area contributed by atoms with Gasteiger partial charge in [0.25, 0.3) is 0 Å². The van der Waals surface area contributed by atoms with Crippen LogP contribution in [0.1, 0.15) is 0 Å². The van der Waals surface area contributed by atoms with E-state index >= 15 is 0 Å². The maximum atomic E-state index is 14.7. The molecule has 0 saturated carbocycles.